The fourth-order valence-corrected chi connectivity index (χ4v) is 4.23. The van der Waals surface area contributed by atoms with Crippen LogP contribution < -0.4 is 15.0 Å². The minimum Gasteiger partial charge on any atom is -0.497 e. The van der Waals surface area contributed by atoms with Crippen LogP contribution in [0, 0.1) is 13.8 Å². The monoisotopic (exact) mass is 422 g/mol. The zero-order valence-electron chi connectivity index (χ0n) is 17.0. The number of carbonyl (C=O) groups excluding carboxylic acids is 2. The van der Waals surface area contributed by atoms with E-state index in [0.717, 1.165) is 16.3 Å². The topological polar surface area (TPSA) is 84.4 Å². The fourth-order valence-electron chi connectivity index (χ4n) is 3.40. The van der Waals surface area contributed by atoms with Crippen molar-refractivity contribution in [2.75, 3.05) is 23.9 Å². The number of benzene rings is 2. The molecule has 2 amide bonds. The summed E-state index contributed by atoms with van der Waals surface area (Å²) in [6, 6.07) is 12.9. The molecule has 0 radical (unpaired) electrons. The maximum absolute atomic E-state index is 12.6. The van der Waals surface area contributed by atoms with Crippen molar-refractivity contribution in [1.29, 1.82) is 0 Å². The summed E-state index contributed by atoms with van der Waals surface area (Å²) in [6.07, 6.45) is 0.380. The Hall–Kier alpha value is -3.26. The number of nitrogens with one attached hydrogen (secondary N) is 1. The van der Waals surface area contributed by atoms with E-state index < -0.39 is 0 Å². The van der Waals surface area contributed by atoms with Gasteiger partial charge in [0.05, 0.1) is 7.11 Å². The zero-order chi connectivity index (χ0) is 21.3. The number of hydrogen-bond donors (Lipinski definition) is 1. The van der Waals surface area contributed by atoms with Crippen molar-refractivity contribution >= 4 is 34.0 Å². The Bertz CT molecular complexity index is 1110. The Morgan fingerprint density at radius 1 is 1.17 bits per heavy atom. The van der Waals surface area contributed by atoms with Crippen molar-refractivity contribution < 1.29 is 14.3 Å². The average molecular weight is 423 g/mol. The summed E-state index contributed by atoms with van der Waals surface area (Å²) in [4.78, 5) is 26.9. The van der Waals surface area contributed by atoms with Crippen molar-refractivity contribution in [3.05, 3.63) is 64.2 Å². The number of carbonyl (C=O) groups is 2. The third-order valence-electron chi connectivity index (χ3n) is 5.27. The van der Waals surface area contributed by atoms with E-state index >= 15 is 0 Å². The molecule has 3 aromatic rings. The summed E-state index contributed by atoms with van der Waals surface area (Å²) in [7, 11) is 1.55. The first-order chi connectivity index (χ1) is 14.4. The molecule has 1 saturated heterocycles. The van der Waals surface area contributed by atoms with Crippen LogP contribution in [-0.4, -0.2) is 35.7 Å². The van der Waals surface area contributed by atoms with Gasteiger partial charge in [-0.05, 0) is 55.3 Å². The number of aromatic nitrogens is 2. The average Bonchev–Trinajstić information content (AvgIpc) is 3.36. The largest absolute Gasteiger partial charge is 0.497 e. The number of amides is 2. The predicted molar refractivity (Wildman–Crippen MR) is 116 cm³/mol. The van der Waals surface area contributed by atoms with Gasteiger partial charge in [0, 0.05) is 30.1 Å². The molecule has 7 nitrogen and oxygen atoms in total. The molecule has 154 valence electrons. The highest BCUT2D eigenvalue weighted by Gasteiger charge is 2.34. The van der Waals surface area contributed by atoms with Crippen LogP contribution in [-0.2, 0) is 4.79 Å². The molecule has 0 saturated carbocycles. The second-order valence-corrected chi connectivity index (χ2v) is 8.31. The highest BCUT2D eigenvalue weighted by Crippen LogP contribution is 2.34. The van der Waals surface area contributed by atoms with Crippen LogP contribution in [0.5, 0.6) is 5.75 Å². The first-order valence-corrected chi connectivity index (χ1v) is 10.4. The third kappa shape index (κ3) is 4.04. The number of aryl methyl sites for hydroxylation is 2. The number of ether oxygens (including phenoxy) is 1. The van der Waals surface area contributed by atoms with Gasteiger partial charge in [-0.2, -0.15) is 0 Å². The smallest absolute Gasteiger partial charge is 0.257 e. The molecule has 1 aliphatic heterocycles. The molecule has 1 aromatic heterocycles. The molecule has 1 atom stereocenters. The molecule has 0 aliphatic carbocycles. The van der Waals surface area contributed by atoms with Crippen molar-refractivity contribution in [3.8, 4) is 5.75 Å². The Balaban J connectivity index is 1.45. The van der Waals surface area contributed by atoms with Gasteiger partial charge in [0.15, 0.2) is 0 Å². The normalized spacial score (nSPS) is 16.0. The summed E-state index contributed by atoms with van der Waals surface area (Å²) < 4.78 is 5.16. The highest BCUT2D eigenvalue weighted by molar-refractivity contribution is 7.15. The summed E-state index contributed by atoms with van der Waals surface area (Å²) in [5.41, 5.74) is 3.73. The summed E-state index contributed by atoms with van der Waals surface area (Å²) in [5.74, 6) is 0.354. The Kier molecular flexibility index (Phi) is 5.50. The maximum atomic E-state index is 12.6. The van der Waals surface area contributed by atoms with Crippen LogP contribution in [0.15, 0.2) is 42.5 Å². The maximum Gasteiger partial charge on any atom is 0.257 e. The second kappa shape index (κ2) is 8.23. The van der Waals surface area contributed by atoms with Gasteiger partial charge in [-0.3, -0.25) is 14.9 Å². The lowest BCUT2D eigenvalue weighted by atomic mass is 10.1. The van der Waals surface area contributed by atoms with Crippen LogP contribution >= 0.6 is 11.3 Å². The molecule has 1 aliphatic rings. The fraction of sp³-hybridized carbons (Fsp3) is 0.273. The van der Waals surface area contributed by atoms with E-state index in [-0.39, 0.29) is 17.7 Å². The number of hydrogen-bond acceptors (Lipinski definition) is 6. The molecule has 1 N–H and O–H groups in total. The van der Waals surface area contributed by atoms with E-state index in [9.17, 15) is 9.59 Å². The number of anilines is 2. The first-order valence-electron chi connectivity index (χ1n) is 9.61. The van der Waals surface area contributed by atoms with Gasteiger partial charge in [-0.25, -0.2) is 0 Å². The Morgan fingerprint density at radius 3 is 2.77 bits per heavy atom. The van der Waals surface area contributed by atoms with Crippen molar-refractivity contribution in [3.63, 3.8) is 0 Å². The number of rotatable bonds is 5. The van der Waals surface area contributed by atoms with E-state index in [0.29, 0.717) is 29.4 Å². The third-order valence-corrected chi connectivity index (χ3v) is 6.27. The van der Waals surface area contributed by atoms with Crippen LogP contribution in [0.25, 0.3) is 0 Å². The van der Waals surface area contributed by atoms with Crippen molar-refractivity contribution in [2.45, 2.75) is 26.2 Å². The van der Waals surface area contributed by atoms with Crippen LogP contribution in [0.1, 0.15) is 38.8 Å². The van der Waals surface area contributed by atoms with E-state index in [1.165, 1.54) is 16.9 Å². The van der Waals surface area contributed by atoms with Gasteiger partial charge >= 0.3 is 0 Å². The van der Waals surface area contributed by atoms with Gasteiger partial charge in [-0.15, -0.1) is 10.2 Å². The molecular formula is C22H22N4O3S. The molecule has 2 heterocycles. The molecule has 8 heteroatoms. The Morgan fingerprint density at radius 2 is 2.00 bits per heavy atom. The molecule has 0 unspecified atom stereocenters. The summed E-state index contributed by atoms with van der Waals surface area (Å²) >= 11 is 1.30. The van der Waals surface area contributed by atoms with Gasteiger partial charge in [0.1, 0.15) is 10.8 Å². The van der Waals surface area contributed by atoms with Gasteiger partial charge < -0.3 is 9.64 Å². The van der Waals surface area contributed by atoms with Crippen molar-refractivity contribution in [1.82, 2.24) is 10.2 Å². The number of methoxy groups -OCH3 is 1. The highest BCUT2D eigenvalue weighted by atomic mass is 32.1. The Labute approximate surface area is 178 Å². The van der Waals surface area contributed by atoms with E-state index in [1.54, 1.807) is 36.3 Å². The zero-order valence-corrected chi connectivity index (χ0v) is 17.8. The summed E-state index contributed by atoms with van der Waals surface area (Å²) in [6.45, 7) is 4.65. The molecule has 0 bridgehead atoms. The van der Waals surface area contributed by atoms with Crippen LogP contribution in [0.4, 0.5) is 10.8 Å². The van der Waals surface area contributed by atoms with Crippen molar-refractivity contribution in [2.24, 2.45) is 0 Å². The van der Waals surface area contributed by atoms with E-state index in [2.05, 4.69) is 22.4 Å². The van der Waals surface area contributed by atoms with Crippen LogP contribution in [0.2, 0.25) is 0 Å². The van der Waals surface area contributed by atoms with Gasteiger partial charge in [-0.1, -0.05) is 23.5 Å². The predicted octanol–water partition coefficient (Wildman–Crippen LogP) is 3.94. The lowest BCUT2D eigenvalue weighted by Crippen LogP contribution is -2.24. The molecular weight excluding hydrogens is 400 g/mol. The second-order valence-electron chi connectivity index (χ2n) is 7.31. The standard InChI is InChI=1S/C22H22N4O3S/c1-13-7-8-17(9-14(13)2)26-12-16(11-19(26)27)21-24-25-22(30-21)23-20(28)15-5-4-6-18(10-15)29-3/h4-10,16H,11-12H2,1-3H3,(H,23,25,28)/t16-/m1/s1. The van der Waals surface area contributed by atoms with Gasteiger partial charge in [0.2, 0.25) is 11.0 Å². The lowest BCUT2D eigenvalue weighted by Gasteiger charge is -2.17. The first kappa shape index (κ1) is 20.0. The molecule has 0 spiro atoms. The SMILES string of the molecule is COc1cccc(C(=O)Nc2nnc([C@@H]3CC(=O)N(c4ccc(C)c(C)c4)C3)s2)c1. The lowest BCUT2D eigenvalue weighted by molar-refractivity contribution is -0.117. The molecule has 2 aromatic carbocycles. The van der Waals surface area contributed by atoms with Crippen LogP contribution in [0.3, 0.4) is 0 Å². The minimum atomic E-state index is -0.282. The quantitative estimate of drug-likeness (QED) is 0.673. The minimum absolute atomic E-state index is 0.0425. The number of nitrogens with zero attached hydrogens (tertiary/aromatic N) is 3. The van der Waals surface area contributed by atoms with E-state index in [1.807, 2.05) is 25.1 Å². The molecule has 1 fully saturated rings. The van der Waals surface area contributed by atoms with Gasteiger partial charge in [0.25, 0.3) is 5.91 Å². The molecule has 30 heavy (non-hydrogen) atoms. The summed E-state index contributed by atoms with van der Waals surface area (Å²) in [5, 5.41) is 12.2. The molecule has 4 rings (SSSR count). The van der Waals surface area contributed by atoms with E-state index in [4.69, 9.17) is 4.74 Å².